The lowest BCUT2D eigenvalue weighted by molar-refractivity contribution is -0.139. The van der Waals surface area contributed by atoms with Crippen LogP contribution >= 0.6 is 23.2 Å². The molecule has 0 aliphatic heterocycles. The number of benzene rings is 3. The molecule has 1 atom stereocenters. The van der Waals surface area contributed by atoms with Gasteiger partial charge in [-0.2, -0.15) is 5.26 Å². The zero-order valence-electron chi connectivity index (χ0n) is 21.5. The highest BCUT2D eigenvalue weighted by Gasteiger charge is 2.25. The van der Waals surface area contributed by atoms with Gasteiger partial charge < -0.3 is 21.5 Å². The first-order valence-corrected chi connectivity index (χ1v) is 13.0. The van der Waals surface area contributed by atoms with Crippen molar-refractivity contribution in [3.63, 3.8) is 0 Å². The second kappa shape index (κ2) is 14.1. The maximum absolute atomic E-state index is 12.9. The van der Waals surface area contributed by atoms with Crippen molar-refractivity contribution >= 4 is 52.6 Å². The topological polar surface area (TPSA) is 186 Å². The number of rotatable bonds is 12. The van der Waals surface area contributed by atoms with Crippen molar-refractivity contribution in [1.82, 2.24) is 10.6 Å². The Bertz CT molecular complexity index is 1540. The molecule has 0 fully saturated rings. The van der Waals surface area contributed by atoms with Crippen LogP contribution in [0.25, 0.3) is 11.1 Å². The van der Waals surface area contributed by atoms with Gasteiger partial charge in [0.15, 0.2) is 5.78 Å². The Labute approximate surface area is 245 Å². The van der Waals surface area contributed by atoms with E-state index in [-0.39, 0.29) is 52.8 Å². The minimum atomic E-state index is -1.43. The molecule has 6 N–H and O–H groups in total. The predicted octanol–water partition coefficient (Wildman–Crippen LogP) is 3.97. The Morgan fingerprint density at radius 2 is 1.66 bits per heavy atom. The molecule has 0 heterocycles. The van der Waals surface area contributed by atoms with Gasteiger partial charge in [-0.3, -0.25) is 19.8 Å². The fraction of sp³-hybridized carbons (Fsp3) is 0.172. The second-order valence-corrected chi connectivity index (χ2v) is 9.85. The summed E-state index contributed by atoms with van der Waals surface area (Å²) in [6, 6.07) is 16.7. The highest BCUT2D eigenvalue weighted by atomic mass is 35.5. The number of nitrogens with one attached hydrogen (secondary N) is 3. The minimum absolute atomic E-state index is 0.0253. The van der Waals surface area contributed by atoms with Gasteiger partial charge in [-0.15, -0.1) is 0 Å². The maximum Gasteiger partial charge on any atom is 0.326 e. The lowest BCUT2D eigenvalue weighted by atomic mass is 10.0. The van der Waals surface area contributed by atoms with Crippen LogP contribution in [0.4, 0.5) is 0 Å². The molecule has 3 aromatic rings. The first-order valence-electron chi connectivity index (χ1n) is 12.2. The molecule has 3 rings (SSSR count). The molecule has 2 amide bonds. The Balaban J connectivity index is 1.60. The Kier molecular flexibility index (Phi) is 10.6. The smallest absolute Gasteiger partial charge is 0.326 e. The second-order valence-electron chi connectivity index (χ2n) is 9.03. The van der Waals surface area contributed by atoms with Crippen molar-refractivity contribution in [2.45, 2.75) is 25.3 Å². The molecule has 0 bridgehead atoms. The minimum Gasteiger partial charge on any atom is -0.480 e. The molecule has 12 heteroatoms. The molecule has 0 aliphatic carbocycles. The number of amidine groups is 1. The van der Waals surface area contributed by atoms with E-state index < -0.39 is 29.6 Å². The first kappa shape index (κ1) is 30.8. The summed E-state index contributed by atoms with van der Waals surface area (Å²) in [6.45, 7) is -0.345. The van der Waals surface area contributed by atoms with Gasteiger partial charge in [0, 0.05) is 18.4 Å². The number of nitrogens with two attached hydrogens (primary N) is 1. The Morgan fingerprint density at radius 1 is 0.976 bits per heavy atom. The number of hydrogen-bond acceptors (Lipinski definition) is 6. The number of carboxylic acids is 1. The summed E-state index contributed by atoms with van der Waals surface area (Å²) in [6.07, 6.45) is -0.297. The SMILES string of the molecule is N#Cc1cccc(-c2cc(Cl)c(C(=O)N[C@@H](CCC(=O)CNC(=O)c3cccc(CC(=N)N)c3)C(=O)O)c(Cl)c2)c1. The van der Waals surface area contributed by atoms with E-state index in [1.807, 2.05) is 6.07 Å². The molecule has 3 aromatic carbocycles. The van der Waals surface area contributed by atoms with E-state index in [1.54, 1.807) is 48.5 Å². The third kappa shape index (κ3) is 8.63. The summed E-state index contributed by atoms with van der Waals surface area (Å²) < 4.78 is 0. The Hall–Kier alpha value is -4.72. The zero-order chi connectivity index (χ0) is 30.1. The number of aliphatic carboxylic acids is 1. The van der Waals surface area contributed by atoms with E-state index in [9.17, 15) is 24.3 Å². The number of nitriles is 1. The van der Waals surface area contributed by atoms with Gasteiger partial charge in [0.1, 0.15) is 6.04 Å². The van der Waals surface area contributed by atoms with Gasteiger partial charge in [-0.1, -0.05) is 47.5 Å². The molecule has 0 saturated carbocycles. The molecule has 41 heavy (non-hydrogen) atoms. The average molecular weight is 594 g/mol. The number of carboxylic acid groups (broad SMARTS) is 1. The van der Waals surface area contributed by atoms with Crippen LogP contribution in [0, 0.1) is 16.7 Å². The molecule has 0 radical (unpaired) electrons. The monoisotopic (exact) mass is 593 g/mol. The van der Waals surface area contributed by atoms with E-state index in [0.29, 0.717) is 22.3 Å². The van der Waals surface area contributed by atoms with Crippen LogP contribution in [0.1, 0.15) is 44.7 Å². The van der Waals surface area contributed by atoms with Gasteiger partial charge >= 0.3 is 5.97 Å². The third-order valence-corrected chi connectivity index (χ3v) is 6.54. The number of carbonyl (C=O) groups excluding carboxylic acids is 3. The summed E-state index contributed by atoms with van der Waals surface area (Å²) in [7, 11) is 0. The van der Waals surface area contributed by atoms with Gasteiger partial charge in [0.25, 0.3) is 11.8 Å². The molecule has 10 nitrogen and oxygen atoms in total. The lowest BCUT2D eigenvalue weighted by Gasteiger charge is -2.16. The van der Waals surface area contributed by atoms with Crippen LogP contribution in [0.2, 0.25) is 10.0 Å². The van der Waals surface area contributed by atoms with Crippen LogP contribution in [-0.4, -0.2) is 47.1 Å². The van der Waals surface area contributed by atoms with Crippen molar-refractivity contribution in [3.05, 3.63) is 93.0 Å². The number of halogens is 2. The third-order valence-electron chi connectivity index (χ3n) is 5.94. The highest BCUT2D eigenvalue weighted by molar-refractivity contribution is 6.40. The summed E-state index contributed by atoms with van der Waals surface area (Å²) in [5.74, 6) is -3.22. The van der Waals surface area contributed by atoms with Crippen molar-refractivity contribution in [2.24, 2.45) is 5.73 Å². The zero-order valence-corrected chi connectivity index (χ0v) is 23.1. The molecule has 0 spiro atoms. The summed E-state index contributed by atoms with van der Waals surface area (Å²) in [5.41, 5.74) is 7.84. The van der Waals surface area contributed by atoms with Gasteiger partial charge in [0.05, 0.1) is 39.6 Å². The number of carbonyl (C=O) groups is 4. The van der Waals surface area contributed by atoms with Crippen molar-refractivity contribution < 1.29 is 24.3 Å². The molecule has 0 aliphatic rings. The number of ketones is 1. The Morgan fingerprint density at radius 3 is 2.29 bits per heavy atom. The van der Waals surface area contributed by atoms with E-state index in [0.717, 1.165) is 0 Å². The maximum atomic E-state index is 12.9. The number of nitrogens with zero attached hydrogens (tertiary/aromatic N) is 1. The van der Waals surface area contributed by atoms with Gasteiger partial charge in [-0.25, -0.2) is 4.79 Å². The average Bonchev–Trinajstić information content (AvgIpc) is 2.93. The van der Waals surface area contributed by atoms with Crippen molar-refractivity contribution in [2.75, 3.05) is 6.54 Å². The van der Waals surface area contributed by atoms with Crippen molar-refractivity contribution in [3.8, 4) is 17.2 Å². The molecule has 0 aromatic heterocycles. The molecular weight excluding hydrogens is 569 g/mol. The molecule has 210 valence electrons. The summed E-state index contributed by atoms with van der Waals surface area (Å²) in [4.78, 5) is 49.5. The quantitative estimate of drug-likeness (QED) is 0.155. The van der Waals surface area contributed by atoms with E-state index in [1.165, 1.54) is 12.1 Å². The predicted molar refractivity (Wildman–Crippen MR) is 154 cm³/mol. The van der Waals surface area contributed by atoms with E-state index in [4.69, 9.17) is 39.6 Å². The van der Waals surface area contributed by atoms with E-state index in [2.05, 4.69) is 10.6 Å². The van der Waals surface area contributed by atoms with E-state index >= 15 is 0 Å². The summed E-state index contributed by atoms with van der Waals surface area (Å²) in [5, 5.41) is 30.9. The first-order chi connectivity index (χ1) is 19.5. The molecule has 0 unspecified atom stereocenters. The van der Waals surface area contributed by atoms with Crippen LogP contribution < -0.4 is 16.4 Å². The molecular formula is C29H25Cl2N5O5. The van der Waals surface area contributed by atoms with Crippen LogP contribution in [-0.2, 0) is 16.0 Å². The van der Waals surface area contributed by atoms with Crippen LogP contribution in [0.15, 0.2) is 60.7 Å². The normalized spacial score (nSPS) is 11.1. The standard InChI is InChI=1S/C29H25Cl2N5O5/c30-22-12-20(18-5-2-4-17(10-18)14-32)13-23(31)26(22)28(39)36-24(29(40)41)8-7-21(37)15-35-27(38)19-6-1-3-16(9-19)11-25(33)34/h1-6,9-10,12-13,24H,7-8,11,15H2,(H3,33,34)(H,35,38)(H,36,39)(H,40,41)/t24-/m0/s1. The van der Waals surface area contributed by atoms with Gasteiger partial charge in [0.2, 0.25) is 0 Å². The molecule has 0 saturated heterocycles. The fourth-order valence-electron chi connectivity index (χ4n) is 3.93. The highest BCUT2D eigenvalue weighted by Crippen LogP contribution is 2.32. The number of amides is 2. The largest absolute Gasteiger partial charge is 0.480 e. The van der Waals surface area contributed by atoms with Crippen LogP contribution in [0.5, 0.6) is 0 Å². The van der Waals surface area contributed by atoms with Crippen molar-refractivity contribution in [1.29, 1.82) is 10.7 Å². The number of hydrogen-bond donors (Lipinski definition) is 5. The summed E-state index contributed by atoms with van der Waals surface area (Å²) >= 11 is 12.7. The lowest BCUT2D eigenvalue weighted by Crippen LogP contribution is -2.41. The van der Waals surface area contributed by atoms with Crippen LogP contribution in [0.3, 0.4) is 0 Å². The van der Waals surface area contributed by atoms with Gasteiger partial charge in [-0.05, 0) is 59.5 Å². The number of Topliss-reactive ketones (excluding diaryl/α,β-unsaturated/α-hetero) is 1. The fourth-order valence-corrected chi connectivity index (χ4v) is 4.59.